The molecule has 0 aliphatic carbocycles. The Hall–Kier alpha value is -2.27. The Morgan fingerprint density at radius 3 is 2.60 bits per heavy atom. The van der Waals surface area contributed by atoms with Crippen LogP contribution in [-0.4, -0.2) is 35.4 Å². The molecule has 0 saturated heterocycles. The number of anilines is 2. The molecular weight excluding hydrogens is 336 g/mol. The molecule has 1 aromatic carbocycles. The molecule has 5 nitrogen and oxygen atoms in total. The van der Waals surface area contributed by atoms with Crippen molar-refractivity contribution in [2.45, 2.75) is 33.2 Å². The Bertz CT molecular complexity index is 746. The maximum atomic E-state index is 12.9. The molecule has 3 N–H and O–H groups in total. The summed E-state index contributed by atoms with van der Waals surface area (Å²) in [7, 11) is 1.81. The molecule has 0 saturated carbocycles. The molecule has 6 heteroatoms. The van der Waals surface area contributed by atoms with Crippen molar-refractivity contribution < 1.29 is 4.79 Å². The minimum atomic E-state index is -0.0710. The van der Waals surface area contributed by atoms with Crippen LogP contribution in [0.1, 0.15) is 34.8 Å². The normalized spacial score (nSPS) is 11.9. The second-order valence-electron chi connectivity index (χ2n) is 6.24. The van der Waals surface area contributed by atoms with Gasteiger partial charge in [-0.2, -0.15) is 0 Å². The lowest BCUT2D eigenvalue weighted by atomic mass is 10.0. The van der Waals surface area contributed by atoms with Gasteiger partial charge in [0.25, 0.3) is 5.91 Å². The van der Waals surface area contributed by atoms with E-state index in [0.717, 1.165) is 23.4 Å². The van der Waals surface area contributed by atoms with E-state index in [0.29, 0.717) is 22.8 Å². The molecule has 0 bridgehead atoms. The number of hydrogen-bond donors (Lipinski definition) is 2. The molecule has 0 spiro atoms. The molecule has 0 fully saturated rings. The van der Waals surface area contributed by atoms with Gasteiger partial charge in [0.15, 0.2) is 0 Å². The monoisotopic (exact) mass is 360 g/mol. The number of nitrogens with zero attached hydrogens (tertiary/aromatic N) is 2. The zero-order valence-electron chi connectivity index (χ0n) is 15.1. The summed E-state index contributed by atoms with van der Waals surface area (Å²) in [5.74, 6) is 0.660. The molecule has 1 aromatic heterocycles. The number of carbonyl (C=O) groups excluding carboxylic acids is 1. The number of likely N-dealkylation sites (N-methyl/N-ethyl adjacent to an activating group) is 1. The Kier molecular flexibility index (Phi) is 6.26. The third kappa shape index (κ3) is 4.63. The SMILES string of the molecule is CCC(CNc1ccc(Cl)cn1)N(C)C(=O)c1cc(C)c(C)cc1N. The highest BCUT2D eigenvalue weighted by molar-refractivity contribution is 6.30. The van der Waals surface area contributed by atoms with Crippen molar-refractivity contribution in [1.29, 1.82) is 0 Å². The average Bonchev–Trinajstić information content (AvgIpc) is 2.59. The molecule has 1 amide bonds. The Morgan fingerprint density at radius 2 is 2.00 bits per heavy atom. The van der Waals surface area contributed by atoms with E-state index < -0.39 is 0 Å². The highest BCUT2D eigenvalue weighted by Gasteiger charge is 2.22. The maximum absolute atomic E-state index is 12.9. The van der Waals surface area contributed by atoms with Crippen LogP contribution >= 0.6 is 11.6 Å². The lowest BCUT2D eigenvalue weighted by Crippen LogP contribution is -2.41. The zero-order valence-corrected chi connectivity index (χ0v) is 15.9. The Labute approximate surface area is 154 Å². The van der Waals surface area contributed by atoms with Gasteiger partial charge in [-0.1, -0.05) is 18.5 Å². The van der Waals surface area contributed by atoms with Crippen LogP contribution in [0.3, 0.4) is 0 Å². The van der Waals surface area contributed by atoms with E-state index in [1.807, 2.05) is 39.1 Å². The van der Waals surface area contributed by atoms with Gasteiger partial charge < -0.3 is 16.0 Å². The van der Waals surface area contributed by atoms with Crippen LogP contribution in [0.25, 0.3) is 0 Å². The molecule has 2 aromatic rings. The van der Waals surface area contributed by atoms with E-state index in [1.165, 1.54) is 0 Å². The quantitative estimate of drug-likeness (QED) is 0.766. The Morgan fingerprint density at radius 1 is 1.32 bits per heavy atom. The first kappa shape index (κ1) is 19.1. The number of carbonyl (C=O) groups is 1. The molecule has 2 rings (SSSR count). The van der Waals surface area contributed by atoms with Crippen molar-refractivity contribution in [2.75, 3.05) is 24.6 Å². The van der Waals surface area contributed by atoms with Crippen molar-refractivity contribution in [3.8, 4) is 0 Å². The summed E-state index contributed by atoms with van der Waals surface area (Å²) in [6, 6.07) is 7.34. The average molecular weight is 361 g/mol. The van der Waals surface area contributed by atoms with E-state index in [4.69, 9.17) is 17.3 Å². The molecular formula is C19H25ClN4O. The lowest BCUT2D eigenvalue weighted by molar-refractivity contribution is 0.0737. The minimum absolute atomic E-state index is 0.0194. The second-order valence-corrected chi connectivity index (χ2v) is 6.68. The lowest BCUT2D eigenvalue weighted by Gasteiger charge is -2.28. The molecule has 1 atom stereocenters. The summed E-state index contributed by atoms with van der Waals surface area (Å²) >= 11 is 5.85. The van der Waals surface area contributed by atoms with Gasteiger partial charge in [0.05, 0.1) is 10.6 Å². The van der Waals surface area contributed by atoms with Gasteiger partial charge in [0.1, 0.15) is 5.82 Å². The van der Waals surface area contributed by atoms with Crippen molar-refractivity contribution >= 4 is 29.0 Å². The Balaban J connectivity index is 2.10. The summed E-state index contributed by atoms with van der Waals surface area (Å²) in [4.78, 5) is 18.8. The van der Waals surface area contributed by atoms with Gasteiger partial charge >= 0.3 is 0 Å². The largest absolute Gasteiger partial charge is 0.398 e. The van der Waals surface area contributed by atoms with E-state index in [1.54, 1.807) is 17.2 Å². The van der Waals surface area contributed by atoms with Crippen LogP contribution in [0, 0.1) is 13.8 Å². The standard InChI is InChI=1S/C19H25ClN4O/c1-5-15(11-23-18-7-6-14(20)10-22-18)24(4)19(25)16-8-12(2)13(3)9-17(16)21/h6-10,15H,5,11,21H2,1-4H3,(H,22,23). The molecule has 1 heterocycles. The van der Waals surface area contributed by atoms with E-state index in [9.17, 15) is 4.79 Å². The van der Waals surface area contributed by atoms with Gasteiger partial charge in [-0.3, -0.25) is 4.79 Å². The van der Waals surface area contributed by atoms with Gasteiger partial charge in [0, 0.05) is 31.5 Å². The van der Waals surface area contributed by atoms with Crippen LogP contribution in [0.2, 0.25) is 5.02 Å². The number of hydrogen-bond acceptors (Lipinski definition) is 4. The van der Waals surface area contributed by atoms with Crippen molar-refractivity contribution in [2.24, 2.45) is 0 Å². The number of halogens is 1. The number of nitrogens with two attached hydrogens (primary N) is 1. The molecule has 0 radical (unpaired) electrons. The highest BCUT2D eigenvalue weighted by atomic mass is 35.5. The smallest absolute Gasteiger partial charge is 0.256 e. The van der Waals surface area contributed by atoms with E-state index >= 15 is 0 Å². The number of nitrogens with one attached hydrogen (secondary N) is 1. The van der Waals surface area contributed by atoms with Crippen molar-refractivity contribution in [3.63, 3.8) is 0 Å². The number of aromatic nitrogens is 1. The molecule has 25 heavy (non-hydrogen) atoms. The summed E-state index contributed by atoms with van der Waals surface area (Å²) in [5, 5.41) is 3.84. The second kappa shape index (κ2) is 8.21. The van der Waals surface area contributed by atoms with Crippen LogP contribution in [0.5, 0.6) is 0 Å². The van der Waals surface area contributed by atoms with Crippen LogP contribution in [0.15, 0.2) is 30.5 Å². The predicted molar refractivity (Wildman–Crippen MR) is 104 cm³/mol. The fourth-order valence-electron chi connectivity index (χ4n) is 2.64. The number of benzene rings is 1. The predicted octanol–water partition coefficient (Wildman–Crippen LogP) is 3.90. The number of pyridine rings is 1. The third-order valence-electron chi connectivity index (χ3n) is 4.48. The molecule has 0 aliphatic rings. The van der Waals surface area contributed by atoms with Crippen LogP contribution in [0.4, 0.5) is 11.5 Å². The van der Waals surface area contributed by atoms with Gasteiger partial charge in [-0.05, 0) is 55.7 Å². The summed E-state index contributed by atoms with van der Waals surface area (Å²) in [5.41, 5.74) is 9.27. The van der Waals surface area contributed by atoms with Gasteiger partial charge in [0.2, 0.25) is 0 Å². The van der Waals surface area contributed by atoms with E-state index in [2.05, 4.69) is 17.2 Å². The number of amides is 1. The molecule has 0 aliphatic heterocycles. The topological polar surface area (TPSA) is 71.2 Å². The fraction of sp³-hybridized carbons (Fsp3) is 0.368. The fourth-order valence-corrected chi connectivity index (χ4v) is 2.75. The highest BCUT2D eigenvalue weighted by Crippen LogP contribution is 2.21. The third-order valence-corrected chi connectivity index (χ3v) is 4.71. The van der Waals surface area contributed by atoms with Gasteiger partial charge in [-0.25, -0.2) is 4.98 Å². The maximum Gasteiger partial charge on any atom is 0.256 e. The summed E-state index contributed by atoms with van der Waals surface area (Å²) in [6.07, 6.45) is 2.41. The van der Waals surface area contributed by atoms with E-state index in [-0.39, 0.29) is 11.9 Å². The minimum Gasteiger partial charge on any atom is -0.398 e. The number of nitrogen functional groups attached to an aromatic ring is 1. The van der Waals surface area contributed by atoms with Gasteiger partial charge in [-0.15, -0.1) is 0 Å². The summed E-state index contributed by atoms with van der Waals surface area (Å²) in [6.45, 7) is 6.62. The zero-order chi connectivity index (χ0) is 18.6. The first-order valence-corrected chi connectivity index (χ1v) is 8.70. The van der Waals surface area contributed by atoms with Crippen molar-refractivity contribution in [1.82, 2.24) is 9.88 Å². The number of aryl methyl sites for hydroxylation is 2. The van der Waals surface area contributed by atoms with Crippen LogP contribution < -0.4 is 11.1 Å². The first-order valence-electron chi connectivity index (χ1n) is 8.32. The summed E-state index contributed by atoms with van der Waals surface area (Å²) < 4.78 is 0. The van der Waals surface area contributed by atoms with Crippen molar-refractivity contribution in [3.05, 3.63) is 52.2 Å². The number of rotatable bonds is 6. The first-order chi connectivity index (χ1) is 11.8. The molecule has 134 valence electrons. The molecule has 1 unspecified atom stereocenters. The van der Waals surface area contributed by atoms with Crippen LogP contribution in [-0.2, 0) is 0 Å².